The molecule has 0 aromatic rings. The maximum atomic E-state index is 5.92. The summed E-state index contributed by atoms with van der Waals surface area (Å²) < 4.78 is 0. The first-order chi connectivity index (χ1) is 6.68. The molecule has 0 aromatic heterocycles. The van der Waals surface area contributed by atoms with Crippen LogP contribution >= 0.6 is 0 Å². The second kappa shape index (κ2) is 4.17. The first kappa shape index (κ1) is 10.4. The van der Waals surface area contributed by atoms with Crippen LogP contribution in [0.5, 0.6) is 0 Å². The molecule has 1 saturated carbocycles. The van der Waals surface area contributed by atoms with E-state index in [1.165, 1.54) is 39.0 Å². The Hall–Kier alpha value is -0.120. The molecule has 2 fully saturated rings. The normalized spacial score (nSPS) is 30.2. The van der Waals surface area contributed by atoms with Crippen molar-refractivity contribution in [1.29, 1.82) is 0 Å². The second-order valence-electron chi connectivity index (χ2n) is 4.90. The first-order valence-electron chi connectivity index (χ1n) is 5.92. The van der Waals surface area contributed by atoms with Crippen LogP contribution in [0.2, 0.25) is 0 Å². The van der Waals surface area contributed by atoms with E-state index in [9.17, 15) is 0 Å². The fourth-order valence-electron chi connectivity index (χ4n) is 2.28. The van der Waals surface area contributed by atoms with E-state index in [1.807, 2.05) is 0 Å². The van der Waals surface area contributed by atoms with Crippen molar-refractivity contribution in [3.63, 3.8) is 0 Å². The average molecular weight is 197 g/mol. The molecule has 2 unspecified atom stereocenters. The van der Waals surface area contributed by atoms with Crippen LogP contribution < -0.4 is 5.73 Å². The van der Waals surface area contributed by atoms with Gasteiger partial charge >= 0.3 is 0 Å². The molecular weight excluding hydrogens is 174 g/mol. The summed E-state index contributed by atoms with van der Waals surface area (Å²) in [7, 11) is 0. The third-order valence-electron chi connectivity index (χ3n) is 3.75. The van der Waals surface area contributed by atoms with Crippen LogP contribution in [0, 0.1) is 0 Å². The summed E-state index contributed by atoms with van der Waals surface area (Å²) in [4.78, 5) is 5.17. The standard InChI is InChI=1S/C11H23N3/c1-9(12)10(2)13-5-7-14(8-6-13)11-3-4-11/h9-11H,3-8,12H2,1-2H3. The molecule has 2 N–H and O–H groups in total. The molecule has 1 heterocycles. The number of hydrogen-bond acceptors (Lipinski definition) is 3. The Morgan fingerprint density at radius 2 is 1.64 bits per heavy atom. The first-order valence-corrected chi connectivity index (χ1v) is 5.92. The van der Waals surface area contributed by atoms with Gasteiger partial charge in [0.1, 0.15) is 0 Å². The van der Waals surface area contributed by atoms with Crippen LogP contribution in [0.4, 0.5) is 0 Å². The van der Waals surface area contributed by atoms with E-state index >= 15 is 0 Å². The summed E-state index contributed by atoms with van der Waals surface area (Å²) >= 11 is 0. The largest absolute Gasteiger partial charge is 0.327 e. The van der Waals surface area contributed by atoms with Gasteiger partial charge in [-0.05, 0) is 26.7 Å². The molecule has 1 aliphatic carbocycles. The number of nitrogens with two attached hydrogens (primary N) is 1. The van der Waals surface area contributed by atoms with Gasteiger partial charge in [-0.2, -0.15) is 0 Å². The maximum absolute atomic E-state index is 5.92. The molecule has 0 amide bonds. The average Bonchev–Trinajstić information content (AvgIpc) is 3.00. The summed E-state index contributed by atoms with van der Waals surface area (Å²) in [5.74, 6) is 0. The summed E-state index contributed by atoms with van der Waals surface area (Å²) in [6.45, 7) is 9.28. The van der Waals surface area contributed by atoms with Gasteiger partial charge in [0.15, 0.2) is 0 Å². The summed E-state index contributed by atoms with van der Waals surface area (Å²) in [6.07, 6.45) is 2.87. The molecule has 0 spiro atoms. The quantitative estimate of drug-likeness (QED) is 0.715. The highest BCUT2D eigenvalue weighted by molar-refractivity contribution is 4.89. The maximum Gasteiger partial charge on any atom is 0.0217 e. The van der Waals surface area contributed by atoms with Crippen LogP contribution in [0.3, 0.4) is 0 Å². The highest BCUT2D eigenvalue weighted by atomic mass is 15.3. The minimum absolute atomic E-state index is 0.294. The molecule has 0 radical (unpaired) electrons. The Kier molecular flexibility index (Phi) is 3.10. The molecular formula is C11H23N3. The number of nitrogens with zero attached hydrogens (tertiary/aromatic N) is 2. The van der Waals surface area contributed by atoms with Gasteiger partial charge in [-0.15, -0.1) is 0 Å². The molecule has 1 aliphatic heterocycles. The molecule has 0 bridgehead atoms. The van der Waals surface area contributed by atoms with Crippen molar-refractivity contribution < 1.29 is 0 Å². The number of piperazine rings is 1. The summed E-state index contributed by atoms with van der Waals surface area (Å²) in [5, 5.41) is 0. The monoisotopic (exact) mass is 197 g/mol. The Labute approximate surface area is 87.2 Å². The van der Waals surface area contributed by atoms with Gasteiger partial charge in [0.25, 0.3) is 0 Å². The van der Waals surface area contributed by atoms with E-state index < -0.39 is 0 Å². The van der Waals surface area contributed by atoms with Gasteiger partial charge in [0.2, 0.25) is 0 Å². The lowest BCUT2D eigenvalue weighted by Gasteiger charge is -2.39. The molecule has 1 saturated heterocycles. The molecule has 0 aromatic carbocycles. The molecule has 2 atom stereocenters. The highest BCUT2D eigenvalue weighted by Gasteiger charge is 2.32. The molecule has 82 valence electrons. The van der Waals surface area contributed by atoms with Crippen molar-refractivity contribution in [2.45, 2.75) is 44.8 Å². The van der Waals surface area contributed by atoms with Crippen molar-refractivity contribution in [2.75, 3.05) is 26.2 Å². The van der Waals surface area contributed by atoms with Crippen LogP contribution in [-0.4, -0.2) is 54.1 Å². The minimum Gasteiger partial charge on any atom is -0.327 e. The van der Waals surface area contributed by atoms with Gasteiger partial charge in [-0.1, -0.05) is 0 Å². The Bertz CT molecular complexity index is 181. The third-order valence-corrected chi connectivity index (χ3v) is 3.75. The molecule has 2 aliphatic rings. The zero-order valence-corrected chi connectivity index (χ0v) is 9.45. The zero-order valence-electron chi connectivity index (χ0n) is 9.45. The van der Waals surface area contributed by atoms with Crippen LogP contribution in [0.15, 0.2) is 0 Å². The Morgan fingerprint density at radius 1 is 1.07 bits per heavy atom. The molecule has 3 nitrogen and oxygen atoms in total. The highest BCUT2D eigenvalue weighted by Crippen LogP contribution is 2.27. The fourth-order valence-corrected chi connectivity index (χ4v) is 2.28. The van der Waals surface area contributed by atoms with E-state index in [2.05, 4.69) is 23.6 Å². The van der Waals surface area contributed by atoms with Gasteiger partial charge in [-0.25, -0.2) is 0 Å². The lowest BCUT2D eigenvalue weighted by atomic mass is 10.1. The zero-order chi connectivity index (χ0) is 10.1. The van der Waals surface area contributed by atoms with E-state index in [1.54, 1.807) is 0 Å². The van der Waals surface area contributed by atoms with E-state index in [-0.39, 0.29) is 0 Å². The Morgan fingerprint density at radius 3 is 2.07 bits per heavy atom. The SMILES string of the molecule is CC(N)C(C)N1CCN(C2CC2)CC1. The Balaban J connectivity index is 1.77. The predicted molar refractivity (Wildman–Crippen MR) is 59.3 cm³/mol. The lowest BCUT2D eigenvalue weighted by molar-refractivity contribution is 0.0898. The van der Waals surface area contributed by atoms with Crippen LogP contribution in [0.1, 0.15) is 26.7 Å². The fraction of sp³-hybridized carbons (Fsp3) is 1.00. The summed E-state index contributed by atoms with van der Waals surface area (Å²) in [5.41, 5.74) is 5.92. The van der Waals surface area contributed by atoms with Crippen molar-refractivity contribution >= 4 is 0 Å². The smallest absolute Gasteiger partial charge is 0.0217 e. The van der Waals surface area contributed by atoms with Gasteiger partial charge < -0.3 is 5.73 Å². The predicted octanol–water partition coefficient (Wildman–Crippen LogP) is 0.502. The van der Waals surface area contributed by atoms with Crippen LogP contribution in [-0.2, 0) is 0 Å². The topological polar surface area (TPSA) is 32.5 Å². The van der Waals surface area contributed by atoms with Crippen LogP contribution in [0.25, 0.3) is 0 Å². The molecule has 2 rings (SSSR count). The lowest BCUT2D eigenvalue weighted by Crippen LogP contribution is -2.54. The van der Waals surface area contributed by atoms with E-state index in [0.29, 0.717) is 12.1 Å². The van der Waals surface area contributed by atoms with Crippen molar-refractivity contribution in [1.82, 2.24) is 9.80 Å². The van der Waals surface area contributed by atoms with Gasteiger partial charge in [0, 0.05) is 44.3 Å². The minimum atomic E-state index is 0.294. The van der Waals surface area contributed by atoms with Crippen molar-refractivity contribution in [3.8, 4) is 0 Å². The summed E-state index contributed by atoms with van der Waals surface area (Å²) in [6, 6.07) is 1.77. The third kappa shape index (κ3) is 2.27. The van der Waals surface area contributed by atoms with Crippen molar-refractivity contribution in [3.05, 3.63) is 0 Å². The number of hydrogen-bond donors (Lipinski definition) is 1. The molecule has 14 heavy (non-hydrogen) atoms. The second-order valence-corrected chi connectivity index (χ2v) is 4.90. The van der Waals surface area contributed by atoms with E-state index in [4.69, 9.17) is 5.73 Å². The van der Waals surface area contributed by atoms with Gasteiger partial charge in [0.05, 0.1) is 0 Å². The van der Waals surface area contributed by atoms with Crippen molar-refractivity contribution in [2.24, 2.45) is 5.73 Å². The number of rotatable bonds is 3. The van der Waals surface area contributed by atoms with E-state index in [0.717, 1.165) is 6.04 Å². The van der Waals surface area contributed by atoms with Gasteiger partial charge in [-0.3, -0.25) is 9.80 Å². The molecule has 3 heteroatoms.